The van der Waals surface area contributed by atoms with Gasteiger partial charge in [-0.2, -0.15) is 0 Å². The zero-order valence-electron chi connectivity index (χ0n) is 7.13. The Labute approximate surface area is 90.6 Å². The van der Waals surface area contributed by atoms with E-state index in [9.17, 15) is 5.11 Å². The molecule has 1 N–H and O–H groups in total. The van der Waals surface area contributed by atoms with Crippen LogP contribution in [0.2, 0.25) is 5.02 Å². The quantitative estimate of drug-likeness (QED) is 0.911. The summed E-state index contributed by atoms with van der Waals surface area (Å²) in [5.74, 6) is 0. The summed E-state index contributed by atoms with van der Waals surface area (Å²) in [5.41, 5.74) is 0.672. The number of hydrogen-bond acceptors (Lipinski definition) is 2. The molecule has 0 amide bonds. The molecule has 0 fully saturated rings. The summed E-state index contributed by atoms with van der Waals surface area (Å²) in [6, 6.07) is 5.38. The SMILES string of the molecule is COCC(O)c1c(Cl)cccc1Br. The average molecular weight is 266 g/mol. The summed E-state index contributed by atoms with van der Waals surface area (Å²) >= 11 is 9.23. The number of halogens is 2. The van der Waals surface area contributed by atoms with Crippen LogP contribution in [0.3, 0.4) is 0 Å². The van der Waals surface area contributed by atoms with Gasteiger partial charge < -0.3 is 9.84 Å². The first-order valence-corrected chi connectivity index (χ1v) is 4.94. The number of ether oxygens (including phenoxy) is 1. The highest BCUT2D eigenvalue weighted by atomic mass is 79.9. The summed E-state index contributed by atoms with van der Waals surface area (Å²) in [4.78, 5) is 0. The Bertz CT molecular complexity index is 271. The molecule has 2 nitrogen and oxygen atoms in total. The van der Waals surface area contributed by atoms with Gasteiger partial charge in [0.1, 0.15) is 6.10 Å². The van der Waals surface area contributed by atoms with Crippen molar-refractivity contribution in [3.8, 4) is 0 Å². The van der Waals surface area contributed by atoms with Gasteiger partial charge in [-0.05, 0) is 12.1 Å². The molecule has 1 rings (SSSR count). The number of aliphatic hydroxyl groups excluding tert-OH is 1. The molecular weight excluding hydrogens is 255 g/mol. The second kappa shape index (κ2) is 4.96. The first-order valence-electron chi connectivity index (χ1n) is 3.77. The fraction of sp³-hybridized carbons (Fsp3) is 0.333. The molecule has 1 aromatic rings. The van der Waals surface area contributed by atoms with Crippen molar-refractivity contribution in [1.29, 1.82) is 0 Å². The van der Waals surface area contributed by atoms with Gasteiger partial charge in [0.25, 0.3) is 0 Å². The van der Waals surface area contributed by atoms with Crippen LogP contribution in [0.1, 0.15) is 11.7 Å². The lowest BCUT2D eigenvalue weighted by atomic mass is 10.1. The highest BCUT2D eigenvalue weighted by Crippen LogP contribution is 2.30. The molecule has 1 atom stereocenters. The maximum atomic E-state index is 9.64. The van der Waals surface area contributed by atoms with E-state index in [1.165, 1.54) is 7.11 Å². The minimum Gasteiger partial charge on any atom is -0.386 e. The Hall–Kier alpha value is -0.0900. The molecule has 72 valence electrons. The molecule has 0 aliphatic heterocycles. The van der Waals surface area contributed by atoms with Gasteiger partial charge in [0.2, 0.25) is 0 Å². The molecule has 0 radical (unpaired) electrons. The van der Waals surface area contributed by atoms with E-state index < -0.39 is 6.10 Å². The van der Waals surface area contributed by atoms with E-state index in [0.717, 1.165) is 4.47 Å². The Morgan fingerprint density at radius 3 is 2.85 bits per heavy atom. The van der Waals surface area contributed by atoms with E-state index >= 15 is 0 Å². The van der Waals surface area contributed by atoms with Gasteiger partial charge in [-0.15, -0.1) is 0 Å². The molecule has 0 aliphatic rings. The molecule has 0 aromatic heterocycles. The van der Waals surface area contributed by atoms with Gasteiger partial charge in [-0.3, -0.25) is 0 Å². The van der Waals surface area contributed by atoms with Crippen LogP contribution >= 0.6 is 27.5 Å². The molecule has 1 unspecified atom stereocenters. The maximum Gasteiger partial charge on any atom is 0.105 e. The minimum atomic E-state index is -0.687. The zero-order valence-corrected chi connectivity index (χ0v) is 9.47. The van der Waals surface area contributed by atoms with Crippen LogP contribution in [-0.2, 0) is 4.74 Å². The van der Waals surface area contributed by atoms with Gasteiger partial charge in [0.05, 0.1) is 6.61 Å². The third kappa shape index (κ3) is 2.68. The summed E-state index contributed by atoms with van der Waals surface area (Å²) in [6.07, 6.45) is -0.687. The minimum absolute atomic E-state index is 0.238. The maximum absolute atomic E-state index is 9.64. The van der Waals surface area contributed by atoms with Crippen molar-refractivity contribution in [3.63, 3.8) is 0 Å². The molecule has 4 heteroatoms. The lowest BCUT2D eigenvalue weighted by Gasteiger charge is -2.13. The highest BCUT2D eigenvalue weighted by molar-refractivity contribution is 9.10. The summed E-state index contributed by atoms with van der Waals surface area (Å²) in [6.45, 7) is 0.238. The molecule has 0 heterocycles. The molecule has 0 saturated heterocycles. The molecule has 0 bridgehead atoms. The standard InChI is InChI=1S/C9H10BrClO2/c1-13-5-8(12)9-6(10)3-2-4-7(9)11/h2-4,8,12H,5H2,1H3. The van der Waals surface area contributed by atoms with Crippen molar-refractivity contribution in [3.05, 3.63) is 33.3 Å². The highest BCUT2D eigenvalue weighted by Gasteiger charge is 2.14. The molecule has 1 aromatic carbocycles. The van der Waals surface area contributed by atoms with Crippen molar-refractivity contribution in [2.75, 3.05) is 13.7 Å². The van der Waals surface area contributed by atoms with Crippen molar-refractivity contribution in [1.82, 2.24) is 0 Å². The predicted octanol–water partition coefficient (Wildman–Crippen LogP) is 2.78. The monoisotopic (exact) mass is 264 g/mol. The van der Waals surface area contributed by atoms with Crippen molar-refractivity contribution in [2.45, 2.75) is 6.10 Å². The van der Waals surface area contributed by atoms with Crippen molar-refractivity contribution in [2.24, 2.45) is 0 Å². The average Bonchev–Trinajstić information content (AvgIpc) is 2.04. The van der Waals surface area contributed by atoms with Crippen molar-refractivity contribution >= 4 is 27.5 Å². The first-order chi connectivity index (χ1) is 6.16. The van der Waals surface area contributed by atoms with Crippen LogP contribution in [0.4, 0.5) is 0 Å². The Kier molecular flexibility index (Phi) is 4.19. The molecule has 0 spiro atoms. The molecular formula is C9H10BrClO2. The van der Waals surface area contributed by atoms with Gasteiger partial charge in [0, 0.05) is 22.2 Å². The van der Waals surface area contributed by atoms with E-state index in [-0.39, 0.29) is 6.61 Å². The first kappa shape index (κ1) is 11.0. The van der Waals surface area contributed by atoms with Crippen LogP contribution < -0.4 is 0 Å². The number of aliphatic hydroxyl groups is 1. The van der Waals surface area contributed by atoms with Gasteiger partial charge in [0.15, 0.2) is 0 Å². The van der Waals surface area contributed by atoms with Gasteiger partial charge >= 0.3 is 0 Å². The summed E-state index contributed by atoms with van der Waals surface area (Å²) < 4.78 is 5.63. The third-order valence-electron chi connectivity index (χ3n) is 1.66. The summed E-state index contributed by atoms with van der Waals surface area (Å²) in [7, 11) is 1.54. The van der Waals surface area contributed by atoms with Crippen LogP contribution in [-0.4, -0.2) is 18.8 Å². The third-order valence-corrected chi connectivity index (χ3v) is 2.68. The van der Waals surface area contributed by atoms with Gasteiger partial charge in [-0.1, -0.05) is 33.6 Å². The second-order valence-electron chi connectivity index (χ2n) is 2.61. The Morgan fingerprint density at radius 1 is 1.62 bits per heavy atom. The van der Waals surface area contributed by atoms with E-state index in [4.69, 9.17) is 16.3 Å². The lowest BCUT2D eigenvalue weighted by molar-refractivity contribution is 0.0640. The van der Waals surface area contributed by atoms with Crippen LogP contribution in [0.15, 0.2) is 22.7 Å². The fourth-order valence-corrected chi connectivity index (χ4v) is 2.12. The zero-order chi connectivity index (χ0) is 9.84. The second-order valence-corrected chi connectivity index (χ2v) is 3.87. The van der Waals surface area contributed by atoms with E-state index in [0.29, 0.717) is 10.6 Å². The van der Waals surface area contributed by atoms with E-state index in [1.807, 2.05) is 12.1 Å². The molecule has 13 heavy (non-hydrogen) atoms. The van der Waals surface area contributed by atoms with Crippen molar-refractivity contribution < 1.29 is 9.84 Å². The smallest absolute Gasteiger partial charge is 0.105 e. The molecule has 0 saturated carbocycles. The fourth-order valence-electron chi connectivity index (χ4n) is 1.07. The van der Waals surface area contributed by atoms with E-state index in [1.54, 1.807) is 6.07 Å². The molecule has 0 aliphatic carbocycles. The normalized spacial score (nSPS) is 12.9. The lowest BCUT2D eigenvalue weighted by Crippen LogP contribution is -2.06. The number of methoxy groups -OCH3 is 1. The Morgan fingerprint density at radius 2 is 2.31 bits per heavy atom. The Balaban J connectivity index is 2.98. The predicted molar refractivity (Wildman–Crippen MR) is 56.0 cm³/mol. The van der Waals surface area contributed by atoms with Crippen LogP contribution in [0, 0.1) is 0 Å². The number of benzene rings is 1. The van der Waals surface area contributed by atoms with Crippen LogP contribution in [0.25, 0.3) is 0 Å². The van der Waals surface area contributed by atoms with E-state index in [2.05, 4.69) is 15.9 Å². The van der Waals surface area contributed by atoms with Crippen LogP contribution in [0.5, 0.6) is 0 Å². The largest absolute Gasteiger partial charge is 0.386 e. The summed E-state index contributed by atoms with van der Waals surface area (Å²) in [5, 5.41) is 10.2. The number of rotatable bonds is 3. The number of hydrogen-bond donors (Lipinski definition) is 1. The van der Waals surface area contributed by atoms with Gasteiger partial charge in [-0.25, -0.2) is 0 Å². The topological polar surface area (TPSA) is 29.5 Å².